The summed E-state index contributed by atoms with van der Waals surface area (Å²) in [6, 6.07) is 5.98. The van der Waals surface area contributed by atoms with Crippen LogP contribution in [0.15, 0.2) is 18.2 Å². The molecule has 0 saturated heterocycles. The highest BCUT2D eigenvalue weighted by atomic mass is 15.1. The maximum absolute atomic E-state index is 4.44. The summed E-state index contributed by atoms with van der Waals surface area (Å²) in [6.07, 6.45) is 0. The summed E-state index contributed by atoms with van der Waals surface area (Å²) < 4.78 is 0. The number of nitrogens with zero attached hydrogens (tertiary/aromatic N) is 1. The quantitative estimate of drug-likeness (QED) is 0.797. The van der Waals surface area contributed by atoms with E-state index in [-0.39, 0.29) is 5.41 Å². The van der Waals surface area contributed by atoms with E-state index >= 15 is 0 Å². The zero-order valence-electron chi connectivity index (χ0n) is 10.1. The molecule has 1 aromatic heterocycles. The van der Waals surface area contributed by atoms with Crippen LogP contribution in [-0.2, 0) is 0 Å². The third-order valence-electron chi connectivity index (χ3n) is 1.91. The number of pyridine rings is 1. The van der Waals surface area contributed by atoms with Crippen molar-refractivity contribution in [3.63, 3.8) is 0 Å². The van der Waals surface area contributed by atoms with E-state index in [4.69, 9.17) is 0 Å². The highest BCUT2D eigenvalue weighted by Gasteiger charge is 2.09. The van der Waals surface area contributed by atoms with Crippen LogP contribution in [-0.4, -0.2) is 18.1 Å². The average Bonchev–Trinajstić information content (AvgIpc) is 2.15. The molecule has 0 unspecified atom stereocenters. The fraction of sp³-hybridized carbons (Fsp3) is 0.583. The van der Waals surface area contributed by atoms with Crippen LogP contribution in [0.1, 0.15) is 27.7 Å². The molecule has 3 nitrogen and oxygen atoms in total. The molecule has 0 bridgehead atoms. The maximum atomic E-state index is 4.44. The van der Waals surface area contributed by atoms with Gasteiger partial charge in [0.1, 0.15) is 11.6 Å². The SMILES string of the molecule is CCNc1cccc(NCC(C)(C)C)n1. The minimum atomic E-state index is 0.274. The van der Waals surface area contributed by atoms with Gasteiger partial charge in [0.05, 0.1) is 0 Å². The van der Waals surface area contributed by atoms with E-state index < -0.39 is 0 Å². The third-order valence-corrected chi connectivity index (χ3v) is 1.91. The third kappa shape index (κ3) is 4.68. The summed E-state index contributed by atoms with van der Waals surface area (Å²) in [6.45, 7) is 10.5. The minimum Gasteiger partial charge on any atom is -0.370 e. The van der Waals surface area contributed by atoms with Gasteiger partial charge in [-0.15, -0.1) is 0 Å². The summed E-state index contributed by atoms with van der Waals surface area (Å²) in [4.78, 5) is 4.44. The standard InChI is InChI=1S/C12H21N3/c1-5-13-10-7-6-8-11(15-10)14-9-12(2,3)4/h6-8H,5,9H2,1-4H3,(H2,13,14,15). The summed E-state index contributed by atoms with van der Waals surface area (Å²) in [5.41, 5.74) is 0.274. The van der Waals surface area contributed by atoms with Crippen molar-refractivity contribution >= 4 is 11.6 Å². The second kappa shape index (κ2) is 5.01. The molecule has 84 valence electrons. The van der Waals surface area contributed by atoms with Crippen molar-refractivity contribution in [2.75, 3.05) is 23.7 Å². The number of aromatic nitrogens is 1. The van der Waals surface area contributed by atoms with Crippen molar-refractivity contribution in [2.45, 2.75) is 27.7 Å². The zero-order chi connectivity index (χ0) is 11.3. The number of hydrogen-bond donors (Lipinski definition) is 2. The van der Waals surface area contributed by atoms with E-state index in [1.807, 2.05) is 18.2 Å². The van der Waals surface area contributed by atoms with Gasteiger partial charge in [-0.05, 0) is 24.5 Å². The van der Waals surface area contributed by atoms with Crippen LogP contribution in [0, 0.1) is 5.41 Å². The number of nitrogens with one attached hydrogen (secondary N) is 2. The van der Waals surface area contributed by atoms with Gasteiger partial charge in [0.2, 0.25) is 0 Å². The lowest BCUT2D eigenvalue weighted by molar-refractivity contribution is 0.442. The molecular formula is C12H21N3. The first-order valence-corrected chi connectivity index (χ1v) is 5.46. The molecule has 2 N–H and O–H groups in total. The molecule has 1 aromatic rings. The van der Waals surface area contributed by atoms with Gasteiger partial charge in [-0.1, -0.05) is 26.8 Å². The van der Waals surface area contributed by atoms with Gasteiger partial charge in [-0.3, -0.25) is 0 Å². The van der Waals surface area contributed by atoms with Crippen LogP contribution in [0.4, 0.5) is 11.6 Å². The summed E-state index contributed by atoms with van der Waals surface area (Å²) in [7, 11) is 0. The number of anilines is 2. The van der Waals surface area contributed by atoms with E-state index in [2.05, 4.69) is 43.3 Å². The smallest absolute Gasteiger partial charge is 0.128 e. The summed E-state index contributed by atoms with van der Waals surface area (Å²) in [5, 5.41) is 6.53. The predicted molar refractivity (Wildman–Crippen MR) is 66.3 cm³/mol. The number of hydrogen-bond acceptors (Lipinski definition) is 3. The second-order valence-corrected chi connectivity index (χ2v) is 4.85. The zero-order valence-corrected chi connectivity index (χ0v) is 10.1. The van der Waals surface area contributed by atoms with E-state index in [1.165, 1.54) is 0 Å². The molecule has 0 radical (unpaired) electrons. The Kier molecular flexibility index (Phi) is 3.95. The minimum absolute atomic E-state index is 0.274. The molecule has 1 rings (SSSR count). The first-order chi connectivity index (χ1) is 7.01. The Bertz CT molecular complexity index is 302. The van der Waals surface area contributed by atoms with Gasteiger partial charge >= 0.3 is 0 Å². The predicted octanol–water partition coefficient (Wildman–Crippen LogP) is 2.97. The van der Waals surface area contributed by atoms with Crippen molar-refractivity contribution in [1.82, 2.24) is 4.98 Å². The number of rotatable bonds is 4. The van der Waals surface area contributed by atoms with Gasteiger partial charge < -0.3 is 10.6 Å². The molecule has 1 heterocycles. The molecule has 0 aromatic carbocycles. The molecular weight excluding hydrogens is 186 g/mol. The maximum Gasteiger partial charge on any atom is 0.128 e. The van der Waals surface area contributed by atoms with Gasteiger partial charge in [0, 0.05) is 13.1 Å². The fourth-order valence-corrected chi connectivity index (χ4v) is 1.17. The van der Waals surface area contributed by atoms with Crippen molar-refractivity contribution < 1.29 is 0 Å². The van der Waals surface area contributed by atoms with Crippen LogP contribution >= 0.6 is 0 Å². The highest BCUT2D eigenvalue weighted by molar-refractivity contribution is 5.45. The molecule has 0 aliphatic heterocycles. The van der Waals surface area contributed by atoms with Crippen molar-refractivity contribution in [3.05, 3.63) is 18.2 Å². The first-order valence-electron chi connectivity index (χ1n) is 5.46. The molecule has 0 atom stereocenters. The Hall–Kier alpha value is -1.25. The molecule has 15 heavy (non-hydrogen) atoms. The molecule has 3 heteroatoms. The Labute approximate surface area is 92.3 Å². The Morgan fingerprint density at radius 3 is 2.27 bits per heavy atom. The van der Waals surface area contributed by atoms with E-state index in [0.29, 0.717) is 0 Å². The van der Waals surface area contributed by atoms with Crippen LogP contribution in [0.5, 0.6) is 0 Å². The summed E-state index contributed by atoms with van der Waals surface area (Å²) >= 11 is 0. The van der Waals surface area contributed by atoms with Crippen molar-refractivity contribution in [3.8, 4) is 0 Å². The van der Waals surface area contributed by atoms with E-state index in [1.54, 1.807) is 0 Å². The van der Waals surface area contributed by atoms with E-state index in [9.17, 15) is 0 Å². The molecule has 0 aliphatic carbocycles. The van der Waals surface area contributed by atoms with Crippen LogP contribution in [0.2, 0.25) is 0 Å². The van der Waals surface area contributed by atoms with Gasteiger partial charge in [0.25, 0.3) is 0 Å². The van der Waals surface area contributed by atoms with Crippen LogP contribution < -0.4 is 10.6 Å². The Morgan fingerprint density at radius 2 is 1.73 bits per heavy atom. The average molecular weight is 207 g/mol. The Morgan fingerprint density at radius 1 is 1.13 bits per heavy atom. The van der Waals surface area contributed by atoms with Gasteiger partial charge in [-0.2, -0.15) is 0 Å². The normalized spacial score (nSPS) is 11.2. The van der Waals surface area contributed by atoms with Crippen LogP contribution in [0.3, 0.4) is 0 Å². The lowest BCUT2D eigenvalue weighted by atomic mass is 9.97. The fourth-order valence-electron chi connectivity index (χ4n) is 1.17. The Balaban J connectivity index is 2.57. The second-order valence-electron chi connectivity index (χ2n) is 4.85. The first kappa shape index (κ1) is 11.8. The highest BCUT2D eigenvalue weighted by Crippen LogP contribution is 2.15. The molecule has 0 aliphatic rings. The molecule has 0 fully saturated rings. The van der Waals surface area contributed by atoms with E-state index in [0.717, 1.165) is 24.7 Å². The van der Waals surface area contributed by atoms with Crippen molar-refractivity contribution in [1.29, 1.82) is 0 Å². The van der Waals surface area contributed by atoms with Crippen LogP contribution in [0.25, 0.3) is 0 Å². The largest absolute Gasteiger partial charge is 0.370 e. The summed E-state index contributed by atoms with van der Waals surface area (Å²) in [5.74, 6) is 1.86. The van der Waals surface area contributed by atoms with Gasteiger partial charge in [-0.25, -0.2) is 4.98 Å². The molecule has 0 saturated carbocycles. The lowest BCUT2D eigenvalue weighted by Gasteiger charge is -2.19. The van der Waals surface area contributed by atoms with Crippen molar-refractivity contribution in [2.24, 2.45) is 5.41 Å². The molecule has 0 amide bonds. The van der Waals surface area contributed by atoms with Gasteiger partial charge in [0.15, 0.2) is 0 Å². The lowest BCUT2D eigenvalue weighted by Crippen LogP contribution is -2.19. The topological polar surface area (TPSA) is 37.0 Å². The monoisotopic (exact) mass is 207 g/mol. The molecule has 0 spiro atoms.